The van der Waals surface area contributed by atoms with Gasteiger partial charge in [-0.1, -0.05) is 365 Å². The molecule has 476 valence electrons. The molecule has 0 aliphatic carbocycles. The van der Waals surface area contributed by atoms with Crippen LogP contribution in [-0.4, -0.2) is 37.2 Å². The van der Waals surface area contributed by atoms with Gasteiger partial charge < -0.3 is 14.2 Å². The van der Waals surface area contributed by atoms with E-state index in [9.17, 15) is 14.4 Å². The maximum atomic E-state index is 12.9. The van der Waals surface area contributed by atoms with Crippen molar-refractivity contribution in [3.05, 3.63) is 36.5 Å². The number of allylic oxidation sites excluding steroid dienone is 6. The molecule has 6 nitrogen and oxygen atoms in total. The molecule has 6 heteroatoms. The number of esters is 3. The minimum atomic E-state index is -0.767. The number of rotatable bonds is 68. The van der Waals surface area contributed by atoms with Gasteiger partial charge >= 0.3 is 17.9 Å². The van der Waals surface area contributed by atoms with Crippen molar-refractivity contribution in [2.75, 3.05) is 13.2 Å². The molecule has 81 heavy (non-hydrogen) atoms. The number of unbranched alkanes of at least 4 members (excludes halogenated alkanes) is 51. The Hall–Kier alpha value is -2.37. The van der Waals surface area contributed by atoms with Gasteiger partial charge in [0, 0.05) is 19.3 Å². The average molecular weight is 1140 g/mol. The van der Waals surface area contributed by atoms with Crippen LogP contribution in [0.5, 0.6) is 0 Å². The van der Waals surface area contributed by atoms with Gasteiger partial charge in [-0.2, -0.15) is 0 Å². The Balaban J connectivity index is 3.96. The van der Waals surface area contributed by atoms with E-state index in [2.05, 4.69) is 57.2 Å². The second kappa shape index (κ2) is 70.1. The van der Waals surface area contributed by atoms with Crippen LogP contribution in [0.4, 0.5) is 0 Å². The van der Waals surface area contributed by atoms with Gasteiger partial charge in [0.15, 0.2) is 6.10 Å². The first-order chi connectivity index (χ1) is 40.0. The predicted molar refractivity (Wildman–Crippen MR) is 353 cm³/mol. The van der Waals surface area contributed by atoms with E-state index in [1.807, 2.05) is 0 Å². The molecule has 0 spiro atoms. The van der Waals surface area contributed by atoms with Crippen molar-refractivity contribution in [3.8, 4) is 0 Å². The van der Waals surface area contributed by atoms with Gasteiger partial charge in [-0.25, -0.2) is 0 Å². The van der Waals surface area contributed by atoms with E-state index in [4.69, 9.17) is 14.2 Å². The summed E-state index contributed by atoms with van der Waals surface area (Å²) in [4.78, 5) is 38.1. The number of hydrogen-bond acceptors (Lipinski definition) is 6. The molecule has 0 amide bonds. The maximum Gasteiger partial charge on any atom is 0.306 e. The van der Waals surface area contributed by atoms with Gasteiger partial charge in [-0.15, -0.1) is 0 Å². The Kier molecular flexibility index (Phi) is 68.1. The Morgan fingerprint density at radius 3 is 0.691 bits per heavy atom. The summed E-state index contributed by atoms with van der Waals surface area (Å²) in [6.45, 7) is 6.64. The summed E-state index contributed by atoms with van der Waals surface area (Å²) in [6, 6.07) is 0. The summed E-state index contributed by atoms with van der Waals surface area (Å²) in [6.07, 6.45) is 88.0. The van der Waals surface area contributed by atoms with Crippen LogP contribution in [0, 0.1) is 0 Å². The van der Waals surface area contributed by atoms with E-state index < -0.39 is 6.10 Å². The first-order valence-electron chi connectivity index (χ1n) is 36.5. The minimum absolute atomic E-state index is 0.0671. The van der Waals surface area contributed by atoms with Crippen molar-refractivity contribution < 1.29 is 28.6 Å². The molecule has 0 aromatic heterocycles. The van der Waals surface area contributed by atoms with Crippen LogP contribution < -0.4 is 0 Å². The molecule has 0 radical (unpaired) electrons. The summed E-state index contributed by atoms with van der Waals surface area (Å²) in [5.74, 6) is -0.850. The second-order valence-corrected chi connectivity index (χ2v) is 24.9. The van der Waals surface area contributed by atoms with Crippen molar-refractivity contribution >= 4 is 17.9 Å². The first-order valence-corrected chi connectivity index (χ1v) is 36.5. The van der Waals surface area contributed by atoms with Gasteiger partial charge in [0.25, 0.3) is 0 Å². The molecular formula is C75H140O6. The number of hydrogen-bond donors (Lipinski definition) is 0. The molecule has 0 N–H and O–H groups in total. The van der Waals surface area contributed by atoms with Crippen LogP contribution in [-0.2, 0) is 28.6 Å². The molecule has 0 aromatic carbocycles. The molecule has 1 unspecified atom stereocenters. The third-order valence-corrected chi connectivity index (χ3v) is 16.6. The Bertz CT molecular complexity index is 1350. The molecule has 0 aliphatic rings. The second-order valence-electron chi connectivity index (χ2n) is 24.9. The Morgan fingerprint density at radius 1 is 0.247 bits per heavy atom. The van der Waals surface area contributed by atoms with Crippen molar-refractivity contribution in [1.29, 1.82) is 0 Å². The zero-order chi connectivity index (χ0) is 58.5. The van der Waals surface area contributed by atoms with Crippen LogP contribution in [0.1, 0.15) is 406 Å². The molecule has 0 rings (SSSR count). The molecule has 0 saturated carbocycles. The van der Waals surface area contributed by atoms with Crippen molar-refractivity contribution in [3.63, 3.8) is 0 Å². The monoisotopic (exact) mass is 1140 g/mol. The molecule has 0 saturated heterocycles. The van der Waals surface area contributed by atoms with Crippen LogP contribution in [0.25, 0.3) is 0 Å². The SMILES string of the molecule is CCCCCCC/C=C\C/C=C\C/C=C\CCCCCCCCCCCCCCCCC(=O)OCC(COC(=O)CCCCCCCC)OC(=O)CCCCCCCCCCCCCCCCCCCCCCCCCCCCCC. The minimum Gasteiger partial charge on any atom is -0.462 e. The Labute approximate surface area is 506 Å². The van der Waals surface area contributed by atoms with E-state index in [0.29, 0.717) is 19.3 Å². The molecular weight excluding hydrogens is 997 g/mol. The largest absolute Gasteiger partial charge is 0.462 e. The zero-order valence-corrected chi connectivity index (χ0v) is 54.8. The quantitative estimate of drug-likeness (QED) is 0.0261. The van der Waals surface area contributed by atoms with E-state index in [1.165, 1.54) is 295 Å². The molecule has 0 fully saturated rings. The average Bonchev–Trinajstić information content (AvgIpc) is 3.47. The van der Waals surface area contributed by atoms with E-state index in [0.717, 1.165) is 70.6 Å². The van der Waals surface area contributed by atoms with Crippen LogP contribution in [0.15, 0.2) is 36.5 Å². The number of carbonyl (C=O) groups is 3. The van der Waals surface area contributed by atoms with Gasteiger partial charge in [0.1, 0.15) is 13.2 Å². The molecule has 0 heterocycles. The molecule has 1 atom stereocenters. The molecule has 0 bridgehead atoms. The lowest BCUT2D eigenvalue weighted by Crippen LogP contribution is -2.30. The highest BCUT2D eigenvalue weighted by molar-refractivity contribution is 5.71. The fraction of sp³-hybridized carbons (Fsp3) is 0.880. The van der Waals surface area contributed by atoms with E-state index >= 15 is 0 Å². The lowest BCUT2D eigenvalue weighted by molar-refractivity contribution is -0.167. The maximum absolute atomic E-state index is 12.9. The summed E-state index contributed by atoms with van der Waals surface area (Å²) in [7, 11) is 0. The standard InChI is InChI=1S/C75H140O6/c1-4-7-10-13-16-18-20-22-24-26-28-30-32-34-36-38-40-41-43-45-47-49-51-53-55-57-59-62-65-68-74(77)80-71-72(70-79-73(76)67-64-61-15-12-9-6-3)81-75(78)69-66-63-60-58-56-54-52-50-48-46-44-42-39-37-35-33-31-29-27-25-23-21-19-17-14-11-8-5-2/h20,22,26,28,32,34,72H,4-19,21,23-25,27,29-31,33,35-71H2,1-3H3/b22-20-,28-26-,34-32-. The highest BCUT2D eigenvalue weighted by Crippen LogP contribution is 2.19. The lowest BCUT2D eigenvalue weighted by atomic mass is 10.0. The fourth-order valence-corrected chi connectivity index (χ4v) is 11.2. The normalized spacial score (nSPS) is 12.2. The smallest absolute Gasteiger partial charge is 0.306 e. The number of ether oxygens (including phenoxy) is 3. The van der Waals surface area contributed by atoms with Gasteiger partial charge in [0.05, 0.1) is 0 Å². The summed E-state index contributed by atoms with van der Waals surface area (Å²) < 4.78 is 16.9. The lowest BCUT2D eigenvalue weighted by Gasteiger charge is -2.18. The summed E-state index contributed by atoms with van der Waals surface area (Å²) in [5.41, 5.74) is 0. The fourth-order valence-electron chi connectivity index (χ4n) is 11.2. The van der Waals surface area contributed by atoms with Crippen LogP contribution in [0.3, 0.4) is 0 Å². The topological polar surface area (TPSA) is 78.9 Å². The molecule has 0 aromatic rings. The Morgan fingerprint density at radius 2 is 0.444 bits per heavy atom. The van der Waals surface area contributed by atoms with Gasteiger partial charge in [-0.05, 0) is 57.8 Å². The first kappa shape index (κ1) is 78.6. The van der Waals surface area contributed by atoms with Gasteiger partial charge in [-0.3, -0.25) is 14.4 Å². The summed E-state index contributed by atoms with van der Waals surface area (Å²) in [5, 5.41) is 0. The van der Waals surface area contributed by atoms with Crippen molar-refractivity contribution in [2.24, 2.45) is 0 Å². The van der Waals surface area contributed by atoms with Crippen molar-refractivity contribution in [1.82, 2.24) is 0 Å². The third kappa shape index (κ3) is 68.3. The van der Waals surface area contributed by atoms with Crippen molar-refractivity contribution in [2.45, 2.75) is 412 Å². The van der Waals surface area contributed by atoms with Gasteiger partial charge in [0.2, 0.25) is 0 Å². The molecule has 0 aliphatic heterocycles. The zero-order valence-electron chi connectivity index (χ0n) is 54.8. The van der Waals surface area contributed by atoms with Crippen LogP contribution >= 0.6 is 0 Å². The van der Waals surface area contributed by atoms with Crippen LogP contribution in [0.2, 0.25) is 0 Å². The van der Waals surface area contributed by atoms with E-state index in [-0.39, 0.29) is 31.1 Å². The highest BCUT2D eigenvalue weighted by atomic mass is 16.6. The highest BCUT2D eigenvalue weighted by Gasteiger charge is 2.19. The number of carbonyl (C=O) groups excluding carboxylic acids is 3. The predicted octanol–water partition coefficient (Wildman–Crippen LogP) is 25.1. The summed E-state index contributed by atoms with van der Waals surface area (Å²) >= 11 is 0. The third-order valence-electron chi connectivity index (χ3n) is 16.6. The van der Waals surface area contributed by atoms with E-state index in [1.54, 1.807) is 0 Å².